The molecule has 0 aliphatic carbocycles. The number of rotatable bonds is 9. The number of hydrogen-bond donors (Lipinski definition) is 1. The van der Waals surface area contributed by atoms with E-state index in [9.17, 15) is 14.7 Å². The molecule has 7 heteroatoms. The molecule has 0 radical (unpaired) electrons. The molecule has 0 spiro atoms. The molecule has 192 valence electrons. The summed E-state index contributed by atoms with van der Waals surface area (Å²) in [4.78, 5) is 32.1. The van der Waals surface area contributed by atoms with E-state index in [1.54, 1.807) is 47.8 Å². The molecule has 0 unspecified atom stereocenters. The standard InChI is InChI=1S/C30H33N3O4/c1-5-19-37-24-13-9-22(10-14-24)27(34)25-26(21-7-11-23(12-8-21)30(2,3)4)33(29(36)28(25)35)17-6-16-32-18-15-31-20-32/h5,7-15,18,20,26,34H,1,6,16-17,19H2,2-4H3/b27-25+/t26-/m0/s1. The topological polar surface area (TPSA) is 84.7 Å². The number of benzene rings is 2. The molecule has 37 heavy (non-hydrogen) atoms. The third-order valence-electron chi connectivity index (χ3n) is 6.50. The molecule has 1 amide bonds. The lowest BCUT2D eigenvalue weighted by molar-refractivity contribution is -0.139. The highest BCUT2D eigenvalue weighted by Crippen LogP contribution is 2.40. The minimum Gasteiger partial charge on any atom is -0.507 e. The lowest BCUT2D eigenvalue weighted by Gasteiger charge is -2.26. The summed E-state index contributed by atoms with van der Waals surface area (Å²) in [6, 6.07) is 14.0. The molecule has 0 saturated carbocycles. The van der Waals surface area contributed by atoms with Gasteiger partial charge in [-0.2, -0.15) is 0 Å². The highest BCUT2D eigenvalue weighted by Gasteiger charge is 2.45. The first-order valence-corrected chi connectivity index (χ1v) is 12.4. The van der Waals surface area contributed by atoms with Crippen molar-refractivity contribution >= 4 is 17.4 Å². The van der Waals surface area contributed by atoms with E-state index in [0.29, 0.717) is 37.4 Å². The molecule has 7 nitrogen and oxygen atoms in total. The van der Waals surface area contributed by atoms with Gasteiger partial charge in [0.15, 0.2) is 0 Å². The largest absolute Gasteiger partial charge is 0.507 e. The Labute approximate surface area is 217 Å². The Morgan fingerprint density at radius 2 is 1.78 bits per heavy atom. The van der Waals surface area contributed by atoms with E-state index < -0.39 is 17.7 Å². The normalized spacial score (nSPS) is 17.3. The monoisotopic (exact) mass is 499 g/mol. The highest BCUT2D eigenvalue weighted by molar-refractivity contribution is 6.46. The molecule has 2 aromatic carbocycles. The van der Waals surface area contributed by atoms with Crippen LogP contribution in [-0.4, -0.2) is 44.4 Å². The first-order chi connectivity index (χ1) is 17.7. The van der Waals surface area contributed by atoms with E-state index in [2.05, 4.69) is 32.3 Å². The van der Waals surface area contributed by atoms with E-state index in [1.807, 2.05) is 35.0 Å². The number of likely N-dealkylation sites (tertiary alicyclic amines) is 1. The van der Waals surface area contributed by atoms with Crippen molar-refractivity contribution in [1.82, 2.24) is 14.5 Å². The molecule has 1 aromatic heterocycles. The molecular formula is C30H33N3O4. The van der Waals surface area contributed by atoms with Gasteiger partial charge in [0, 0.05) is 31.0 Å². The van der Waals surface area contributed by atoms with Crippen LogP contribution in [0, 0.1) is 0 Å². The number of ether oxygens (including phenoxy) is 1. The van der Waals surface area contributed by atoms with E-state index in [-0.39, 0.29) is 16.7 Å². The molecule has 1 aliphatic heterocycles. The van der Waals surface area contributed by atoms with Crippen LogP contribution < -0.4 is 4.74 Å². The van der Waals surface area contributed by atoms with Gasteiger partial charge in [0.25, 0.3) is 11.7 Å². The number of ketones is 1. The van der Waals surface area contributed by atoms with Crippen LogP contribution in [0.4, 0.5) is 0 Å². The number of nitrogens with zero attached hydrogens (tertiary/aromatic N) is 3. The molecule has 0 bridgehead atoms. The first-order valence-electron chi connectivity index (χ1n) is 12.4. The molecule has 1 N–H and O–H groups in total. The predicted octanol–water partition coefficient (Wildman–Crippen LogP) is 5.26. The molecule has 1 atom stereocenters. The fourth-order valence-electron chi connectivity index (χ4n) is 4.48. The SMILES string of the molecule is C=CCOc1ccc(/C(O)=C2\C(=O)C(=O)N(CCCn3ccnc3)[C@H]2c2ccc(C(C)(C)C)cc2)cc1. The Balaban J connectivity index is 1.71. The van der Waals surface area contributed by atoms with E-state index in [4.69, 9.17) is 4.74 Å². The number of carbonyl (C=O) groups is 2. The van der Waals surface area contributed by atoms with Gasteiger partial charge in [-0.25, -0.2) is 4.98 Å². The van der Waals surface area contributed by atoms with Crippen LogP contribution in [0.2, 0.25) is 0 Å². The number of carbonyl (C=O) groups excluding carboxylic acids is 2. The van der Waals surface area contributed by atoms with E-state index >= 15 is 0 Å². The Bertz CT molecular complexity index is 1280. The Morgan fingerprint density at radius 3 is 2.38 bits per heavy atom. The summed E-state index contributed by atoms with van der Waals surface area (Å²) < 4.78 is 7.45. The summed E-state index contributed by atoms with van der Waals surface area (Å²) in [5.74, 6) is -0.874. The number of aliphatic hydroxyl groups excluding tert-OH is 1. The second-order valence-electron chi connectivity index (χ2n) is 10.1. The highest BCUT2D eigenvalue weighted by atomic mass is 16.5. The molecule has 2 heterocycles. The van der Waals surface area contributed by atoms with Crippen molar-refractivity contribution in [2.45, 2.75) is 45.2 Å². The zero-order valence-electron chi connectivity index (χ0n) is 21.6. The van der Waals surface area contributed by atoms with Crippen molar-refractivity contribution in [1.29, 1.82) is 0 Å². The van der Waals surface area contributed by atoms with Crippen LogP contribution in [0.3, 0.4) is 0 Å². The van der Waals surface area contributed by atoms with Gasteiger partial charge in [-0.1, -0.05) is 57.7 Å². The predicted molar refractivity (Wildman–Crippen MR) is 143 cm³/mol. The summed E-state index contributed by atoms with van der Waals surface area (Å²) in [7, 11) is 0. The van der Waals surface area contributed by atoms with Gasteiger partial charge in [0.2, 0.25) is 0 Å². The fourth-order valence-corrected chi connectivity index (χ4v) is 4.48. The third kappa shape index (κ3) is 5.66. The van der Waals surface area contributed by atoms with Crippen molar-refractivity contribution < 1.29 is 19.4 Å². The van der Waals surface area contributed by atoms with Crippen molar-refractivity contribution in [3.8, 4) is 5.75 Å². The number of amides is 1. The lowest BCUT2D eigenvalue weighted by Crippen LogP contribution is -2.31. The van der Waals surface area contributed by atoms with Gasteiger partial charge >= 0.3 is 0 Å². The maximum Gasteiger partial charge on any atom is 0.295 e. The number of hydrogen-bond acceptors (Lipinski definition) is 5. The Hall–Kier alpha value is -4.13. The lowest BCUT2D eigenvalue weighted by atomic mass is 9.85. The maximum absolute atomic E-state index is 13.3. The fraction of sp³-hybridized carbons (Fsp3) is 0.300. The van der Waals surface area contributed by atoms with Crippen LogP contribution in [0.1, 0.15) is 49.9 Å². The quantitative estimate of drug-likeness (QED) is 0.188. The summed E-state index contributed by atoms with van der Waals surface area (Å²) >= 11 is 0. The average Bonchev–Trinajstić information content (AvgIpc) is 3.49. The van der Waals surface area contributed by atoms with Crippen LogP contribution in [0.15, 0.2) is 85.5 Å². The van der Waals surface area contributed by atoms with Gasteiger partial charge in [-0.15, -0.1) is 0 Å². The van der Waals surface area contributed by atoms with Gasteiger partial charge in [0.05, 0.1) is 17.9 Å². The summed E-state index contributed by atoms with van der Waals surface area (Å²) in [6.07, 6.45) is 7.57. The number of imidazole rings is 1. The van der Waals surface area contributed by atoms with Gasteiger partial charge in [0.1, 0.15) is 18.1 Å². The summed E-state index contributed by atoms with van der Waals surface area (Å²) in [5, 5.41) is 11.3. The van der Waals surface area contributed by atoms with Crippen molar-refractivity contribution in [2.75, 3.05) is 13.2 Å². The molecule has 4 rings (SSSR count). The smallest absolute Gasteiger partial charge is 0.295 e. The van der Waals surface area contributed by atoms with E-state index in [1.165, 1.54) is 0 Å². The van der Waals surface area contributed by atoms with Crippen molar-refractivity contribution in [3.63, 3.8) is 0 Å². The zero-order valence-corrected chi connectivity index (χ0v) is 21.6. The number of aromatic nitrogens is 2. The first kappa shape index (κ1) is 25.9. The third-order valence-corrected chi connectivity index (χ3v) is 6.50. The van der Waals surface area contributed by atoms with Crippen molar-refractivity contribution in [2.24, 2.45) is 0 Å². The molecule has 1 saturated heterocycles. The summed E-state index contributed by atoms with van der Waals surface area (Å²) in [6.45, 7) is 11.4. The average molecular weight is 500 g/mol. The summed E-state index contributed by atoms with van der Waals surface area (Å²) in [5.41, 5.74) is 2.42. The molecular weight excluding hydrogens is 466 g/mol. The van der Waals surface area contributed by atoms with Crippen LogP contribution in [-0.2, 0) is 21.5 Å². The Morgan fingerprint density at radius 1 is 1.08 bits per heavy atom. The molecule has 1 aliphatic rings. The second kappa shape index (κ2) is 10.9. The zero-order chi connectivity index (χ0) is 26.6. The van der Waals surface area contributed by atoms with Gasteiger partial charge < -0.3 is 19.3 Å². The van der Waals surface area contributed by atoms with Crippen LogP contribution in [0.25, 0.3) is 5.76 Å². The number of Topliss-reactive ketones (excluding diaryl/α,β-unsaturated/α-hetero) is 1. The van der Waals surface area contributed by atoms with E-state index in [0.717, 1.165) is 11.1 Å². The second-order valence-corrected chi connectivity index (χ2v) is 10.1. The Kier molecular flexibility index (Phi) is 7.62. The molecule has 1 fully saturated rings. The van der Waals surface area contributed by atoms with Crippen LogP contribution in [0.5, 0.6) is 5.75 Å². The van der Waals surface area contributed by atoms with Crippen LogP contribution >= 0.6 is 0 Å². The maximum atomic E-state index is 13.3. The van der Waals surface area contributed by atoms with Gasteiger partial charge in [-0.05, 0) is 47.2 Å². The molecule has 3 aromatic rings. The minimum atomic E-state index is -0.687. The number of aryl methyl sites for hydroxylation is 1. The van der Waals surface area contributed by atoms with Gasteiger partial charge in [-0.3, -0.25) is 9.59 Å². The van der Waals surface area contributed by atoms with Crippen molar-refractivity contribution in [3.05, 3.63) is 102 Å². The minimum absolute atomic E-state index is 0.0411. The number of aliphatic hydroxyl groups is 1.